The molecular formula is C11H7F3N2O. The Morgan fingerprint density at radius 2 is 2.06 bits per heavy atom. The number of halogens is 3. The molecule has 2 rings (SSSR count). The minimum Gasteiger partial charge on any atom is -0.300 e. The van der Waals surface area contributed by atoms with Crippen molar-refractivity contribution in [3.63, 3.8) is 0 Å². The molecule has 0 bridgehead atoms. The SMILES string of the molecule is N#CC1(c2ncccc2C(F)(F)F)CC(=O)C1. The normalized spacial score (nSPS) is 18.4. The summed E-state index contributed by atoms with van der Waals surface area (Å²) in [6, 6.07) is 3.83. The third-order valence-corrected chi connectivity index (χ3v) is 2.78. The summed E-state index contributed by atoms with van der Waals surface area (Å²) < 4.78 is 38.2. The van der Waals surface area contributed by atoms with Gasteiger partial charge in [-0.2, -0.15) is 18.4 Å². The van der Waals surface area contributed by atoms with Gasteiger partial charge in [-0.15, -0.1) is 0 Å². The highest BCUT2D eigenvalue weighted by Crippen LogP contribution is 2.44. The third-order valence-electron chi connectivity index (χ3n) is 2.78. The second-order valence-corrected chi connectivity index (χ2v) is 3.98. The van der Waals surface area contributed by atoms with E-state index < -0.39 is 17.2 Å². The summed E-state index contributed by atoms with van der Waals surface area (Å²) >= 11 is 0. The van der Waals surface area contributed by atoms with Gasteiger partial charge in [-0.25, -0.2) is 0 Å². The molecule has 1 aromatic heterocycles. The van der Waals surface area contributed by atoms with Crippen LogP contribution in [0.4, 0.5) is 13.2 Å². The Bertz CT molecular complexity index is 508. The molecule has 1 aromatic rings. The average molecular weight is 240 g/mol. The van der Waals surface area contributed by atoms with Gasteiger partial charge in [-0.3, -0.25) is 9.78 Å². The van der Waals surface area contributed by atoms with E-state index in [-0.39, 0.29) is 24.3 Å². The van der Waals surface area contributed by atoms with Crippen LogP contribution in [0.5, 0.6) is 0 Å². The lowest BCUT2D eigenvalue weighted by Crippen LogP contribution is -2.42. The Balaban J connectivity index is 2.54. The monoisotopic (exact) mass is 240 g/mol. The number of pyridine rings is 1. The Hall–Kier alpha value is -1.90. The third kappa shape index (κ3) is 1.78. The molecule has 1 heterocycles. The topological polar surface area (TPSA) is 53.8 Å². The Morgan fingerprint density at radius 1 is 1.41 bits per heavy atom. The van der Waals surface area contributed by atoms with E-state index in [1.807, 2.05) is 0 Å². The molecule has 0 saturated heterocycles. The van der Waals surface area contributed by atoms with E-state index in [9.17, 15) is 18.0 Å². The molecule has 0 aromatic carbocycles. The van der Waals surface area contributed by atoms with Crippen LogP contribution in [0.25, 0.3) is 0 Å². The van der Waals surface area contributed by atoms with Gasteiger partial charge in [-0.1, -0.05) is 0 Å². The lowest BCUT2D eigenvalue weighted by Gasteiger charge is -2.34. The number of ketones is 1. The van der Waals surface area contributed by atoms with Gasteiger partial charge >= 0.3 is 6.18 Å². The number of nitrogens with zero attached hydrogens (tertiary/aromatic N) is 2. The molecule has 1 aliphatic rings. The van der Waals surface area contributed by atoms with Crippen LogP contribution in [-0.2, 0) is 16.4 Å². The molecular weight excluding hydrogens is 233 g/mol. The van der Waals surface area contributed by atoms with E-state index in [1.165, 1.54) is 6.20 Å². The van der Waals surface area contributed by atoms with E-state index in [1.54, 1.807) is 6.07 Å². The van der Waals surface area contributed by atoms with Crippen molar-refractivity contribution in [1.82, 2.24) is 4.98 Å². The number of carbonyl (C=O) groups excluding carboxylic acids is 1. The van der Waals surface area contributed by atoms with Gasteiger partial charge in [0.2, 0.25) is 0 Å². The molecule has 6 heteroatoms. The highest BCUT2D eigenvalue weighted by molar-refractivity contribution is 5.90. The van der Waals surface area contributed by atoms with Crippen molar-refractivity contribution in [2.75, 3.05) is 0 Å². The summed E-state index contributed by atoms with van der Waals surface area (Å²) in [4.78, 5) is 14.6. The van der Waals surface area contributed by atoms with E-state index in [4.69, 9.17) is 5.26 Å². The molecule has 0 atom stereocenters. The molecule has 3 nitrogen and oxygen atoms in total. The van der Waals surface area contributed by atoms with Gasteiger partial charge < -0.3 is 0 Å². The van der Waals surface area contributed by atoms with Gasteiger partial charge in [0.25, 0.3) is 0 Å². The van der Waals surface area contributed by atoms with Crippen molar-refractivity contribution in [2.45, 2.75) is 24.4 Å². The number of carbonyl (C=O) groups is 1. The highest BCUT2D eigenvalue weighted by Gasteiger charge is 2.51. The van der Waals surface area contributed by atoms with E-state index in [0.717, 1.165) is 12.1 Å². The minimum atomic E-state index is -4.56. The molecule has 88 valence electrons. The molecule has 0 N–H and O–H groups in total. The maximum absolute atomic E-state index is 12.7. The van der Waals surface area contributed by atoms with Gasteiger partial charge in [0.15, 0.2) is 0 Å². The second-order valence-electron chi connectivity index (χ2n) is 3.98. The summed E-state index contributed by atoms with van der Waals surface area (Å²) in [6.45, 7) is 0. The number of hydrogen-bond donors (Lipinski definition) is 0. The van der Waals surface area contributed by atoms with Crippen LogP contribution in [-0.4, -0.2) is 10.8 Å². The molecule has 0 radical (unpaired) electrons. The lowest BCUT2D eigenvalue weighted by atomic mass is 9.65. The first kappa shape index (κ1) is 11.6. The van der Waals surface area contributed by atoms with Gasteiger partial charge in [0.1, 0.15) is 11.2 Å². The molecule has 0 unspecified atom stereocenters. The molecule has 1 fully saturated rings. The van der Waals surface area contributed by atoms with Crippen molar-refractivity contribution in [3.8, 4) is 6.07 Å². The number of Topliss-reactive ketones (excluding diaryl/α,β-unsaturated/α-hetero) is 1. The van der Waals surface area contributed by atoms with E-state index in [0.29, 0.717) is 0 Å². The zero-order chi connectivity index (χ0) is 12.7. The second kappa shape index (κ2) is 3.55. The fourth-order valence-electron chi connectivity index (χ4n) is 1.94. The smallest absolute Gasteiger partial charge is 0.300 e. The van der Waals surface area contributed by atoms with Crippen LogP contribution in [0.2, 0.25) is 0 Å². The van der Waals surface area contributed by atoms with Crippen LogP contribution in [0.15, 0.2) is 18.3 Å². The fourth-order valence-corrected chi connectivity index (χ4v) is 1.94. The molecule has 17 heavy (non-hydrogen) atoms. The Morgan fingerprint density at radius 3 is 2.53 bits per heavy atom. The molecule has 0 aliphatic heterocycles. The fraction of sp³-hybridized carbons (Fsp3) is 0.364. The first-order chi connectivity index (χ1) is 7.89. The van der Waals surface area contributed by atoms with Crippen LogP contribution >= 0.6 is 0 Å². The zero-order valence-corrected chi connectivity index (χ0v) is 8.58. The molecule has 1 saturated carbocycles. The first-order valence-corrected chi connectivity index (χ1v) is 4.85. The minimum absolute atomic E-state index is 0.191. The number of rotatable bonds is 1. The number of hydrogen-bond acceptors (Lipinski definition) is 3. The predicted molar refractivity (Wildman–Crippen MR) is 50.8 cm³/mol. The quantitative estimate of drug-likeness (QED) is 0.756. The van der Waals surface area contributed by atoms with Crippen LogP contribution in [0, 0.1) is 11.3 Å². The summed E-state index contributed by atoms with van der Waals surface area (Å²) in [7, 11) is 0. The van der Waals surface area contributed by atoms with Crippen LogP contribution in [0.3, 0.4) is 0 Å². The maximum atomic E-state index is 12.7. The molecule has 0 spiro atoms. The van der Waals surface area contributed by atoms with E-state index >= 15 is 0 Å². The van der Waals surface area contributed by atoms with Crippen molar-refractivity contribution >= 4 is 5.78 Å². The van der Waals surface area contributed by atoms with Gasteiger partial charge in [0, 0.05) is 19.0 Å². The molecule has 0 amide bonds. The van der Waals surface area contributed by atoms with Crippen molar-refractivity contribution in [3.05, 3.63) is 29.6 Å². The van der Waals surface area contributed by atoms with Crippen molar-refractivity contribution in [1.29, 1.82) is 5.26 Å². The van der Waals surface area contributed by atoms with Gasteiger partial charge in [0.05, 0.1) is 17.3 Å². The summed E-state index contributed by atoms with van der Waals surface area (Å²) in [6.07, 6.45) is -3.74. The summed E-state index contributed by atoms with van der Waals surface area (Å²) in [5.74, 6) is -0.217. The lowest BCUT2D eigenvalue weighted by molar-refractivity contribution is -0.140. The van der Waals surface area contributed by atoms with E-state index in [2.05, 4.69) is 4.98 Å². The number of nitriles is 1. The summed E-state index contributed by atoms with van der Waals surface area (Å²) in [5, 5.41) is 8.99. The number of alkyl halides is 3. The van der Waals surface area contributed by atoms with Crippen LogP contribution in [0.1, 0.15) is 24.1 Å². The summed E-state index contributed by atoms with van der Waals surface area (Å²) in [5.41, 5.74) is -2.67. The van der Waals surface area contributed by atoms with Gasteiger partial charge in [-0.05, 0) is 12.1 Å². The van der Waals surface area contributed by atoms with Crippen molar-refractivity contribution in [2.24, 2.45) is 0 Å². The Kier molecular flexibility index (Phi) is 2.42. The van der Waals surface area contributed by atoms with Crippen molar-refractivity contribution < 1.29 is 18.0 Å². The average Bonchev–Trinajstić information content (AvgIpc) is 2.23. The zero-order valence-electron chi connectivity index (χ0n) is 8.58. The number of aromatic nitrogens is 1. The first-order valence-electron chi connectivity index (χ1n) is 4.85. The maximum Gasteiger partial charge on any atom is 0.418 e. The van der Waals surface area contributed by atoms with Crippen LogP contribution < -0.4 is 0 Å². The standard InChI is InChI=1S/C11H7F3N2O/c12-11(13,14)8-2-1-3-16-9(8)10(6-15)4-7(17)5-10/h1-3H,4-5H2. The predicted octanol–water partition coefficient (Wildman–Crippen LogP) is 2.22. The molecule has 1 aliphatic carbocycles. The Labute approximate surface area is 94.9 Å². The largest absolute Gasteiger partial charge is 0.418 e. The highest BCUT2D eigenvalue weighted by atomic mass is 19.4.